The number of carbonyl (C=O) groups excluding carboxylic acids is 1. The van der Waals surface area contributed by atoms with Gasteiger partial charge in [-0.2, -0.15) is 10.1 Å². The number of primary amides is 1. The fourth-order valence-electron chi connectivity index (χ4n) is 2.38. The Hall–Kier alpha value is -2.90. The van der Waals surface area contributed by atoms with Gasteiger partial charge in [0.15, 0.2) is 5.82 Å². The first-order chi connectivity index (χ1) is 12.4. The normalized spacial score (nSPS) is 10.7. The van der Waals surface area contributed by atoms with Crippen LogP contribution in [0.3, 0.4) is 0 Å². The van der Waals surface area contributed by atoms with Gasteiger partial charge in [-0.1, -0.05) is 47.5 Å². The third kappa shape index (κ3) is 3.54. The molecule has 0 spiro atoms. The van der Waals surface area contributed by atoms with Gasteiger partial charge in [0.25, 0.3) is 0 Å². The summed E-state index contributed by atoms with van der Waals surface area (Å²) in [6.07, 6.45) is 0. The number of benzene rings is 2. The van der Waals surface area contributed by atoms with E-state index in [0.717, 1.165) is 5.56 Å². The zero-order chi connectivity index (χ0) is 18.8. The lowest BCUT2D eigenvalue weighted by Crippen LogP contribution is -2.28. The highest BCUT2D eigenvalue weighted by Crippen LogP contribution is 2.33. The first-order valence-electron chi connectivity index (χ1n) is 7.49. The lowest BCUT2D eigenvalue weighted by molar-refractivity contribution is 0.100. The first-order valence-corrected chi connectivity index (χ1v) is 8.24. The zero-order valence-corrected chi connectivity index (χ0v) is 14.9. The van der Waals surface area contributed by atoms with Gasteiger partial charge in [0.05, 0.1) is 16.6 Å². The Morgan fingerprint density at radius 2 is 1.85 bits per heavy atom. The van der Waals surface area contributed by atoms with Gasteiger partial charge in [-0.3, -0.25) is 10.2 Å². The van der Waals surface area contributed by atoms with Gasteiger partial charge in [0, 0.05) is 11.1 Å². The second-order valence-corrected chi connectivity index (χ2v) is 6.27. The summed E-state index contributed by atoms with van der Waals surface area (Å²) >= 11 is 12.3. The molecule has 132 valence electrons. The molecule has 0 unspecified atom stereocenters. The molecule has 1 aromatic heterocycles. The average molecular weight is 389 g/mol. The molecule has 0 fully saturated rings. The van der Waals surface area contributed by atoms with Crippen molar-refractivity contribution in [1.82, 2.24) is 14.8 Å². The average Bonchev–Trinajstić information content (AvgIpc) is 2.60. The molecule has 9 heteroatoms. The number of rotatable bonds is 4. The van der Waals surface area contributed by atoms with Crippen LogP contribution in [0.1, 0.15) is 15.9 Å². The van der Waals surface area contributed by atoms with Crippen molar-refractivity contribution in [2.45, 2.75) is 6.54 Å². The SMILES string of the molecule is N=c1nc(N)c(-c2cccc(Cl)c2Cl)nn1Cc1ccc(C(N)=O)cc1. The van der Waals surface area contributed by atoms with E-state index < -0.39 is 5.91 Å². The van der Waals surface area contributed by atoms with Crippen LogP contribution in [0, 0.1) is 5.41 Å². The second-order valence-electron chi connectivity index (χ2n) is 5.49. The predicted molar refractivity (Wildman–Crippen MR) is 99.8 cm³/mol. The van der Waals surface area contributed by atoms with Crippen LogP contribution in [-0.2, 0) is 6.54 Å². The summed E-state index contributed by atoms with van der Waals surface area (Å²) < 4.78 is 1.38. The van der Waals surface area contributed by atoms with Crippen molar-refractivity contribution >= 4 is 34.9 Å². The number of hydrogen-bond donors (Lipinski definition) is 3. The Bertz CT molecular complexity index is 1050. The van der Waals surface area contributed by atoms with Crippen molar-refractivity contribution in [3.63, 3.8) is 0 Å². The third-order valence-corrected chi connectivity index (χ3v) is 4.53. The number of halogens is 2. The van der Waals surface area contributed by atoms with Crippen molar-refractivity contribution in [3.8, 4) is 11.3 Å². The summed E-state index contributed by atoms with van der Waals surface area (Å²) in [7, 11) is 0. The number of nitrogen functional groups attached to an aromatic ring is 1. The molecule has 26 heavy (non-hydrogen) atoms. The van der Waals surface area contributed by atoms with Crippen molar-refractivity contribution in [3.05, 3.63) is 69.3 Å². The van der Waals surface area contributed by atoms with Gasteiger partial charge >= 0.3 is 0 Å². The summed E-state index contributed by atoms with van der Waals surface area (Å²) in [6.45, 7) is 0.260. The van der Waals surface area contributed by atoms with Gasteiger partial charge in [-0.15, -0.1) is 0 Å². The third-order valence-electron chi connectivity index (χ3n) is 3.71. The predicted octanol–water partition coefficient (Wildman–Crippen LogP) is 2.46. The fraction of sp³-hybridized carbons (Fsp3) is 0.0588. The van der Waals surface area contributed by atoms with Crippen molar-refractivity contribution in [2.24, 2.45) is 5.73 Å². The molecule has 5 N–H and O–H groups in total. The lowest BCUT2D eigenvalue weighted by atomic mass is 10.1. The van der Waals surface area contributed by atoms with Crippen LogP contribution in [0.25, 0.3) is 11.3 Å². The molecule has 0 saturated carbocycles. The van der Waals surface area contributed by atoms with Crippen LogP contribution in [0.2, 0.25) is 10.0 Å². The van der Waals surface area contributed by atoms with Gasteiger partial charge in [-0.05, 0) is 23.8 Å². The molecule has 0 aliphatic rings. The van der Waals surface area contributed by atoms with E-state index in [1.54, 1.807) is 42.5 Å². The topological polar surface area (TPSA) is 124 Å². The molecule has 2 aromatic carbocycles. The standard InChI is InChI=1S/C17H14Cl2N6O/c18-12-3-1-2-11(13(12)19)14-15(20)23-17(22)25(24-14)8-9-4-6-10(7-5-9)16(21)26/h1-7H,8H2,(H2,21,26)(H3,20,22,23). The quantitative estimate of drug-likeness (QED) is 0.634. The van der Waals surface area contributed by atoms with Crippen molar-refractivity contribution in [1.29, 1.82) is 5.41 Å². The number of nitrogens with two attached hydrogens (primary N) is 2. The first kappa shape index (κ1) is 17.9. The number of nitrogens with zero attached hydrogens (tertiary/aromatic N) is 3. The van der Waals surface area contributed by atoms with Crippen LogP contribution < -0.4 is 17.1 Å². The Balaban J connectivity index is 2.02. The van der Waals surface area contributed by atoms with Crippen LogP contribution in [0.4, 0.5) is 5.82 Å². The van der Waals surface area contributed by atoms with E-state index in [4.69, 9.17) is 40.1 Å². The maximum absolute atomic E-state index is 11.2. The minimum atomic E-state index is -0.504. The number of carbonyl (C=O) groups is 1. The number of hydrogen-bond acceptors (Lipinski definition) is 5. The summed E-state index contributed by atoms with van der Waals surface area (Å²) in [6, 6.07) is 11.8. The number of anilines is 1. The molecule has 7 nitrogen and oxygen atoms in total. The van der Waals surface area contributed by atoms with E-state index in [9.17, 15) is 4.79 Å². The van der Waals surface area contributed by atoms with Gasteiger partial charge in [0.2, 0.25) is 11.5 Å². The summed E-state index contributed by atoms with van der Waals surface area (Å²) in [5.74, 6) is -0.421. The van der Waals surface area contributed by atoms with E-state index in [0.29, 0.717) is 26.9 Å². The van der Waals surface area contributed by atoms with Crippen LogP contribution in [0.15, 0.2) is 42.5 Å². The zero-order valence-electron chi connectivity index (χ0n) is 13.4. The Morgan fingerprint density at radius 1 is 1.15 bits per heavy atom. The molecule has 0 bridgehead atoms. The fourth-order valence-corrected chi connectivity index (χ4v) is 2.77. The van der Waals surface area contributed by atoms with E-state index in [-0.39, 0.29) is 18.0 Å². The number of nitrogens with one attached hydrogen (secondary N) is 1. The molecule has 0 radical (unpaired) electrons. The highest BCUT2D eigenvalue weighted by atomic mass is 35.5. The Morgan fingerprint density at radius 3 is 2.50 bits per heavy atom. The molecule has 1 amide bonds. The maximum atomic E-state index is 11.2. The van der Waals surface area contributed by atoms with Gasteiger partial charge in [0.1, 0.15) is 5.69 Å². The van der Waals surface area contributed by atoms with Gasteiger partial charge < -0.3 is 11.5 Å². The van der Waals surface area contributed by atoms with Crippen LogP contribution in [0.5, 0.6) is 0 Å². The summed E-state index contributed by atoms with van der Waals surface area (Å²) in [5, 5.41) is 13.1. The highest BCUT2D eigenvalue weighted by molar-refractivity contribution is 6.43. The minimum Gasteiger partial charge on any atom is -0.382 e. The summed E-state index contributed by atoms with van der Waals surface area (Å²) in [4.78, 5) is 15.2. The molecule has 3 rings (SSSR count). The van der Waals surface area contributed by atoms with Gasteiger partial charge in [-0.25, -0.2) is 4.68 Å². The van der Waals surface area contributed by atoms with Crippen molar-refractivity contribution < 1.29 is 4.79 Å². The molecular weight excluding hydrogens is 375 g/mol. The maximum Gasteiger partial charge on any atom is 0.248 e. The summed E-state index contributed by atoms with van der Waals surface area (Å²) in [5.41, 5.74) is 13.1. The lowest BCUT2D eigenvalue weighted by Gasteiger charge is -2.12. The van der Waals surface area contributed by atoms with E-state index in [1.165, 1.54) is 4.68 Å². The molecule has 3 aromatic rings. The minimum absolute atomic E-state index is 0.0829. The van der Waals surface area contributed by atoms with E-state index >= 15 is 0 Å². The molecule has 0 saturated heterocycles. The largest absolute Gasteiger partial charge is 0.382 e. The molecule has 0 aliphatic carbocycles. The monoisotopic (exact) mass is 388 g/mol. The van der Waals surface area contributed by atoms with E-state index in [2.05, 4.69) is 10.1 Å². The van der Waals surface area contributed by atoms with Crippen LogP contribution in [-0.4, -0.2) is 20.7 Å². The Kier molecular flexibility index (Phi) is 4.92. The number of amides is 1. The molecule has 0 atom stereocenters. The Labute approximate surface area is 158 Å². The number of aromatic nitrogens is 3. The molecular formula is C17H14Cl2N6O. The molecule has 1 heterocycles. The molecule has 0 aliphatic heterocycles. The highest BCUT2D eigenvalue weighted by Gasteiger charge is 2.14. The second kappa shape index (κ2) is 7.15. The van der Waals surface area contributed by atoms with Crippen LogP contribution >= 0.6 is 23.2 Å². The van der Waals surface area contributed by atoms with E-state index in [1.807, 2.05) is 0 Å². The smallest absolute Gasteiger partial charge is 0.248 e. The van der Waals surface area contributed by atoms with Crippen molar-refractivity contribution in [2.75, 3.05) is 5.73 Å².